The van der Waals surface area contributed by atoms with Gasteiger partial charge in [0.25, 0.3) is 11.8 Å². The molecule has 2 amide bonds. The van der Waals surface area contributed by atoms with Gasteiger partial charge in [0.2, 0.25) is 0 Å². The number of benzene rings is 3. The van der Waals surface area contributed by atoms with Crippen molar-refractivity contribution in [1.29, 1.82) is 0 Å². The fraction of sp³-hybridized carbons (Fsp3) is 0.207. The molecular weight excluding hydrogens is 476 g/mol. The minimum absolute atomic E-state index is 0.0704. The van der Waals surface area contributed by atoms with Crippen LogP contribution in [0.25, 0.3) is 11.1 Å². The van der Waals surface area contributed by atoms with Crippen molar-refractivity contribution < 1.29 is 19.1 Å². The van der Waals surface area contributed by atoms with Crippen LogP contribution >= 0.6 is 11.6 Å². The van der Waals surface area contributed by atoms with Crippen molar-refractivity contribution in [3.05, 3.63) is 95.2 Å². The van der Waals surface area contributed by atoms with Gasteiger partial charge in [-0.05, 0) is 60.4 Å². The summed E-state index contributed by atoms with van der Waals surface area (Å²) in [5.41, 5.74) is 3.07. The zero-order valence-electron chi connectivity index (χ0n) is 19.6. The highest BCUT2D eigenvalue weighted by Crippen LogP contribution is 2.32. The van der Waals surface area contributed by atoms with E-state index < -0.39 is 17.8 Å². The van der Waals surface area contributed by atoms with E-state index in [1.807, 2.05) is 42.5 Å². The molecule has 3 aromatic rings. The highest BCUT2D eigenvalue weighted by Gasteiger charge is 2.42. The Hall–Kier alpha value is -3.90. The van der Waals surface area contributed by atoms with Gasteiger partial charge in [-0.25, -0.2) is 4.79 Å². The molecule has 5 rings (SSSR count). The molecule has 182 valence electrons. The Labute approximate surface area is 214 Å². The summed E-state index contributed by atoms with van der Waals surface area (Å²) in [4.78, 5) is 39.5. The average Bonchev–Trinajstić information content (AvgIpc) is 3.13. The smallest absolute Gasteiger partial charge is 0.343 e. The summed E-state index contributed by atoms with van der Waals surface area (Å²) in [5, 5.41) is 2.86. The van der Waals surface area contributed by atoms with Crippen LogP contribution in [0.1, 0.15) is 42.5 Å². The van der Waals surface area contributed by atoms with Crippen molar-refractivity contribution in [2.45, 2.75) is 38.1 Å². The van der Waals surface area contributed by atoms with Crippen LogP contribution in [-0.4, -0.2) is 28.7 Å². The molecule has 0 atom stereocenters. The molecule has 1 N–H and O–H groups in total. The molecule has 0 aromatic heterocycles. The van der Waals surface area contributed by atoms with E-state index in [9.17, 15) is 14.4 Å². The fourth-order valence-electron chi connectivity index (χ4n) is 4.64. The highest BCUT2D eigenvalue weighted by molar-refractivity contribution is 6.48. The van der Waals surface area contributed by atoms with E-state index in [1.54, 1.807) is 36.4 Å². The lowest BCUT2D eigenvalue weighted by atomic mass is 9.94. The van der Waals surface area contributed by atoms with E-state index in [0.29, 0.717) is 17.0 Å². The van der Waals surface area contributed by atoms with Gasteiger partial charge in [0.15, 0.2) is 0 Å². The number of hydrogen-bond acceptors (Lipinski definition) is 5. The zero-order valence-corrected chi connectivity index (χ0v) is 20.3. The zero-order chi connectivity index (χ0) is 25.1. The first-order chi connectivity index (χ1) is 17.5. The Morgan fingerprint density at radius 1 is 0.806 bits per heavy atom. The van der Waals surface area contributed by atoms with Gasteiger partial charge in [-0.1, -0.05) is 73.3 Å². The van der Waals surface area contributed by atoms with Gasteiger partial charge in [-0.2, -0.15) is 0 Å². The summed E-state index contributed by atoms with van der Waals surface area (Å²) in [7, 11) is 0. The first-order valence-corrected chi connectivity index (χ1v) is 12.4. The third kappa shape index (κ3) is 4.90. The molecule has 0 spiro atoms. The van der Waals surface area contributed by atoms with Gasteiger partial charge < -0.3 is 10.1 Å². The van der Waals surface area contributed by atoms with Gasteiger partial charge in [0.05, 0.1) is 5.56 Å². The lowest BCUT2D eigenvalue weighted by molar-refractivity contribution is -0.140. The van der Waals surface area contributed by atoms with Crippen molar-refractivity contribution in [1.82, 2.24) is 4.90 Å². The van der Waals surface area contributed by atoms with Crippen LogP contribution in [0.4, 0.5) is 5.69 Å². The second-order valence-electron chi connectivity index (χ2n) is 8.94. The molecule has 2 aliphatic rings. The maximum absolute atomic E-state index is 12.9. The Balaban J connectivity index is 1.22. The number of imide groups is 1. The number of hydrogen-bond donors (Lipinski definition) is 1. The normalized spacial score (nSPS) is 16.4. The van der Waals surface area contributed by atoms with E-state index in [0.717, 1.165) is 43.2 Å². The predicted molar refractivity (Wildman–Crippen MR) is 139 cm³/mol. The Morgan fingerprint density at radius 2 is 1.44 bits per heavy atom. The molecule has 6 nitrogen and oxygen atoms in total. The topological polar surface area (TPSA) is 75.7 Å². The van der Waals surface area contributed by atoms with Gasteiger partial charge in [0, 0.05) is 11.7 Å². The SMILES string of the molecule is O=C(Oc1ccc(-c2ccccc2)cc1)c1ccc(NC2=C(Cl)C(=O)N(C3CCCCC3)C2=O)cc1. The number of nitrogens with zero attached hydrogens (tertiary/aromatic N) is 1. The number of carbonyl (C=O) groups is 3. The monoisotopic (exact) mass is 500 g/mol. The summed E-state index contributed by atoms with van der Waals surface area (Å²) < 4.78 is 5.50. The molecule has 1 heterocycles. The molecule has 0 bridgehead atoms. The van der Waals surface area contributed by atoms with Gasteiger partial charge in [-0.15, -0.1) is 0 Å². The first-order valence-electron chi connectivity index (χ1n) is 12.0. The summed E-state index contributed by atoms with van der Waals surface area (Å²) in [6.07, 6.45) is 4.72. The molecule has 7 heteroatoms. The quantitative estimate of drug-likeness (QED) is 0.250. The number of anilines is 1. The van der Waals surface area contributed by atoms with E-state index in [1.165, 1.54) is 4.90 Å². The fourth-order valence-corrected chi connectivity index (χ4v) is 4.86. The molecule has 1 aliphatic carbocycles. The number of esters is 1. The molecule has 0 saturated heterocycles. The summed E-state index contributed by atoms with van der Waals surface area (Å²) >= 11 is 6.24. The predicted octanol–water partition coefficient (Wildman–Crippen LogP) is 6.14. The van der Waals surface area contributed by atoms with Crippen LogP contribution in [0.15, 0.2) is 89.6 Å². The van der Waals surface area contributed by atoms with E-state index in [-0.39, 0.29) is 16.8 Å². The number of halogens is 1. The molecule has 1 aliphatic heterocycles. The number of ether oxygens (including phenoxy) is 1. The standard InChI is InChI=1S/C29H25ClN2O4/c30-25-26(28(34)32(27(25)33)23-9-5-2-6-10-23)31-22-15-11-21(12-16-22)29(35)36-24-17-13-20(14-18-24)19-7-3-1-4-8-19/h1,3-4,7-8,11-18,23,31H,2,5-6,9-10H2. The van der Waals surface area contributed by atoms with Crippen LogP contribution in [0.2, 0.25) is 0 Å². The van der Waals surface area contributed by atoms with Crippen LogP contribution in [-0.2, 0) is 9.59 Å². The molecule has 1 fully saturated rings. The molecule has 0 radical (unpaired) electrons. The molecule has 0 unspecified atom stereocenters. The van der Waals surface area contributed by atoms with Gasteiger partial charge >= 0.3 is 5.97 Å². The third-order valence-electron chi connectivity index (χ3n) is 6.56. The number of nitrogens with one attached hydrogen (secondary N) is 1. The third-order valence-corrected chi connectivity index (χ3v) is 6.91. The Morgan fingerprint density at radius 3 is 2.11 bits per heavy atom. The van der Waals surface area contributed by atoms with Crippen LogP contribution in [0.3, 0.4) is 0 Å². The summed E-state index contributed by atoms with van der Waals surface area (Å²) in [6.45, 7) is 0. The van der Waals surface area contributed by atoms with E-state index >= 15 is 0 Å². The van der Waals surface area contributed by atoms with Crippen molar-refractivity contribution in [2.75, 3.05) is 5.32 Å². The van der Waals surface area contributed by atoms with Crippen LogP contribution in [0, 0.1) is 0 Å². The molecular formula is C29H25ClN2O4. The van der Waals surface area contributed by atoms with Crippen molar-refractivity contribution in [3.8, 4) is 16.9 Å². The minimum atomic E-state index is -0.498. The number of rotatable bonds is 6. The van der Waals surface area contributed by atoms with Crippen molar-refractivity contribution in [3.63, 3.8) is 0 Å². The van der Waals surface area contributed by atoms with Gasteiger partial charge in [-0.3, -0.25) is 14.5 Å². The van der Waals surface area contributed by atoms with Crippen molar-refractivity contribution in [2.24, 2.45) is 0 Å². The summed E-state index contributed by atoms with van der Waals surface area (Å²) in [5.74, 6) is -0.910. The second kappa shape index (κ2) is 10.4. The molecule has 36 heavy (non-hydrogen) atoms. The molecule has 1 saturated carbocycles. The number of amides is 2. The molecule has 3 aromatic carbocycles. The Kier molecular flexibility index (Phi) is 6.87. The first kappa shape index (κ1) is 23.8. The van der Waals surface area contributed by atoms with Gasteiger partial charge in [0.1, 0.15) is 16.5 Å². The van der Waals surface area contributed by atoms with Crippen LogP contribution < -0.4 is 10.1 Å². The minimum Gasteiger partial charge on any atom is -0.423 e. The maximum Gasteiger partial charge on any atom is 0.343 e. The van der Waals surface area contributed by atoms with E-state index in [2.05, 4.69) is 5.32 Å². The van der Waals surface area contributed by atoms with E-state index in [4.69, 9.17) is 16.3 Å². The van der Waals surface area contributed by atoms with Crippen molar-refractivity contribution >= 4 is 35.1 Å². The lowest BCUT2D eigenvalue weighted by Crippen LogP contribution is -2.42. The lowest BCUT2D eigenvalue weighted by Gasteiger charge is -2.29. The average molecular weight is 501 g/mol. The Bertz CT molecular complexity index is 1310. The number of carbonyl (C=O) groups excluding carboxylic acids is 3. The second-order valence-corrected chi connectivity index (χ2v) is 9.32. The summed E-state index contributed by atoms with van der Waals surface area (Å²) in [6, 6.07) is 23.6. The van der Waals surface area contributed by atoms with Crippen LogP contribution in [0.5, 0.6) is 5.75 Å². The maximum atomic E-state index is 12.9. The largest absolute Gasteiger partial charge is 0.423 e. The highest BCUT2D eigenvalue weighted by atomic mass is 35.5.